The van der Waals surface area contributed by atoms with Gasteiger partial charge in [0, 0.05) is 23.5 Å². The number of hydrogen-bond acceptors (Lipinski definition) is 5. The van der Waals surface area contributed by atoms with Gasteiger partial charge in [0.1, 0.15) is 5.82 Å². The molecule has 27 heavy (non-hydrogen) atoms. The summed E-state index contributed by atoms with van der Waals surface area (Å²) < 4.78 is 2.02. The molecule has 2 heterocycles. The summed E-state index contributed by atoms with van der Waals surface area (Å²) in [5.74, 6) is 1.11. The second-order valence-corrected chi connectivity index (χ2v) is 8.18. The SMILES string of the molecule is C=CCn1c(Cc2cccs2)nnc1SCC(=O)Nc1cc(C)ccc1C. The van der Waals surface area contributed by atoms with Crippen molar-refractivity contribution in [3.05, 3.63) is 70.2 Å². The minimum atomic E-state index is -0.0540. The summed E-state index contributed by atoms with van der Waals surface area (Å²) >= 11 is 3.09. The van der Waals surface area contributed by atoms with Crippen molar-refractivity contribution in [2.75, 3.05) is 11.1 Å². The lowest BCUT2D eigenvalue weighted by Crippen LogP contribution is -2.15. The maximum atomic E-state index is 12.4. The summed E-state index contributed by atoms with van der Waals surface area (Å²) in [6, 6.07) is 10.1. The van der Waals surface area contributed by atoms with Crippen LogP contribution < -0.4 is 5.32 Å². The lowest BCUT2D eigenvalue weighted by molar-refractivity contribution is -0.113. The van der Waals surface area contributed by atoms with Crippen molar-refractivity contribution in [1.29, 1.82) is 0 Å². The molecule has 0 fully saturated rings. The zero-order chi connectivity index (χ0) is 19.2. The number of aryl methyl sites for hydroxylation is 2. The molecule has 3 aromatic rings. The Balaban J connectivity index is 1.66. The molecule has 7 heteroatoms. The normalized spacial score (nSPS) is 10.7. The number of thioether (sulfide) groups is 1. The molecule has 3 rings (SSSR count). The molecule has 140 valence electrons. The quantitative estimate of drug-likeness (QED) is 0.449. The Morgan fingerprint density at radius 1 is 1.33 bits per heavy atom. The fourth-order valence-electron chi connectivity index (χ4n) is 2.62. The van der Waals surface area contributed by atoms with Crippen LogP contribution in [0.25, 0.3) is 0 Å². The number of hydrogen-bond donors (Lipinski definition) is 1. The first-order chi connectivity index (χ1) is 13.1. The van der Waals surface area contributed by atoms with Gasteiger partial charge in [-0.25, -0.2) is 0 Å². The predicted molar refractivity (Wildman–Crippen MR) is 113 cm³/mol. The van der Waals surface area contributed by atoms with E-state index in [9.17, 15) is 4.79 Å². The Hall–Kier alpha value is -2.38. The van der Waals surface area contributed by atoms with Gasteiger partial charge in [0.05, 0.1) is 5.75 Å². The van der Waals surface area contributed by atoms with E-state index in [4.69, 9.17) is 0 Å². The van der Waals surface area contributed by atoms with Gasteiger partial charge in [-0.05, 0) is 42.5 Å². The fourth-order valence-corrected chi connectivity index (χ4v) is 4.09. The number of benzene rings is 1. The third kappa shape index (κ3) is 5.08. The van der Waals surface area contributed by atoms with Gasteiger partial charge >= 0.3 is 0 Å². The Morgan fingerprint density at radius 2 is 2.19 bits per heavy atom. The number of thiophene rings is 1. The minimum absolute atomic E-state index is 0.0540. The van der Waals surface area contributed by atoms with E-state index in [1.165, 1.54) is 16.6 Å². The van der Waals surface area contributed by atoms with E-state index in [-0.39, 0.29) is 11.7 Å². The lowest BCUT2D eigenvalue weighted by atomic mass is 10.1. The first-order valence-electron chi connectivity index (χ1n) is 8.62. The molecule has 5 nitrogen and oxygen atoms in total. The summed E-state index contributed by atoms with van der Waals surface area (Å²) in [6.07, 6.45) is 2.55. The van der Waals surface area contributed by atoms with E-state index >= 15 is 0 Å². The molecule has 2 aromatic heterocycles. The molecule has 0 unspecified atom stereocenters. The van der Waals surface area contributed by atoms with E-state index in [1.54, 1.807) is 11.3 Å². The van der Waals surface area contributed by atoms with Gasteiger partial charge in [0.25, 0.3) is 0 Å². The molecule has 0 aliphatic heterocycles. The van der Waals surface area contributed by atoms with E-state index in [0.717, 1.165) is 34.2 Å². The molecule has 0 aliphatic rings. The van der Waals surface area contributed by atoms with E-state index in [0.29, 0.717) is 6.54 Å². The van der Waals surface area contributed by atoms with Crippen molar-refractivity contribution in [1.82, 2.24) is 14.8 Å². The molecule has 0 bridgehead atoms. The molecule has 1 aromatic carbocycles. The van der Waals surface area contributed by atoms with Crippen LogP contribution in [0.3, 0.4) is 0 Å². The highest BCUT2D eigenvalue weighted by atomic mass is 32.2. The molecular weight excluding hydrogens is 376 g/mol. The predicted octanol–water partition coefficient (Wildman–Crippen LogP) is 4.46. The molecule has 1 N–H and O–H groups in total. The standard InChI is InChI=1S/C20H22N4OS2/c1-4-9-24-18(12-16-6-5-10-26-16)22-23-20(24)27-13-19(25)21-17-11-14(2)7-8-15(17)3/h4-8,10-11H,1,9,12-13H2,2-3H3,(H,21,25). The first-order valence-corrected chi connectivity index (χ1v) is 10.5. The number of carbonyl (C=O) groups is 1. The lowest BCUT2D eigenvalue weighted by Gasteiger charge is -2.10. The molecular formula is C20H22N4OS2. The summed E-state index contributed by atoms with van der Waals surface area (Å²) in [5.41, 5.74) is 3.02. The molecule has 0 aliphatic carbocycles. The van der Waals surface area contributed by atoms with Crippen LogP contribution in [-0.2, 0) is 17.8 Å². The van der Waals surface area contributed by atoms with Gasteiger partial charge in [-0.1, -0.05) is 36.0 Å². The maximum Gasteiger partial charge on any atom is 0.234 e. The maximum absolute atomic E-state index is 12.4. The van der Waals surface area contributed by atoms with Gasteiger partial charge in [0.15, 0.2) is 5.16 Å². The Labute approximate surface area is 167 Å². The number of amides is 1. The smallest absolute Gasteiger partial charge is 0.234 e. The van der Waals surface area contributed by atoms with Gasteiger partial charge in [0.2, 0.25) is 5.91 Å². The topological polar surface area (TPSA) is 59.8 Å². The van der Waals surface area contributed by atoms with Crippen molar-refractivity contribution >= 4 is 34.7 Å². The second-order valence-electron chi connectivity index (χ2n) is 6.21. The highest BCUT2D eigenvalue weighted by molar-refractivity contribution is 7.99. The van der Waals surface area contributed by atoms with Crippen LogP contribution in [0.5, 0.6) is 0 Å². The van der Waals surface area contributed by atoms with Crippen molar-refractivity contribution < 1.29 is 4.79 Å². The van der Waals surface area contributed by atoms with Crippen molar-refractivity contribution in [3.8, 4) is 0 Å². The van der Waals surface area contributed by atoms with Crippen LogP contribution >= 0.6 is 23.1 Å². The molecule has 1 amide bonds. The highest BCUT2D eigenvalue weighted by Gasteiger charge is 2.14. The second kappa shape index (κ2) is 9.01. The average molecular weight is 399 g/mol. The number of nitrogens with one attached hydrogen (secondary N) is 1. The zero-order valence-corrected chi connectivity index (χ0v) is 17.1. The molecule has 0 saturated heterocycles. The number of carbonyl (C=O) groups excluding carboxylic acids is 1. The van der Waals surface area contributed by atoms with Gasteiger partial charge in [-0.15, -0.1) is 28.1 Å². The molecule has 0 atom stereocenters. The number of anilines is 1. The van der Waals surface area contributed by atoms with Crippen LogP contribution in [-0.4, -0.2) is 26.4 Å². The molecule has 0 saturated carbocycles. The van der Waals surface area contributed by atoms with Crippen molar-refractivity contribution in [2.45, 2.75) is 32.0 Å². The molecule has 0 spiro atoms. The summed E-state index contributed by atoms with van der Waals surface area (Å²) in [7, 11) is 0. The third-order valence-electron chi connectivity index (χ3n) is 4.02. The van der Waals surface area contributed by atoms with Crippen LogP contribution in [0.1, 0.15) is 21.8 Å². The first kappa shape index (κ1) is 19.4. The Morgan fingerprint density at radius 3 is 2.93 bits per heavy atom. The molecule has 0 radical (unpaired) electrons. The highest BCUT2D eigenvalue weighted by Crippen LogP contribution is 2.22. The summed E-state index contributed by atoms with van der Waals surface area (Å²) in [5, 5.41) is 14.4. The monoisotopic (exact) mass is 398 g/mol. The van der Waals surface area contributed by atoms with Crippen molar-refractivity contribution in [2.24, 2.45) is 0 Å². The number of nitrogens with zero attached hydrogens (tertiary/aromatic N) is 3. The Kier molecular flexibility index (Phi) is 6.47. The van der Waals surface area contributed by atoms with Gasteiger partial charge in [-0.2, -0.15) is 0 Å². The number of aromatic nitrogens is 3. The third-order valence-corrected chi connectivity index (χ3v) is 5.86. The number of allylic oxidation sites excluding steroid dienone is 1. The van der Waals surface area contributed by atoms with Crippen LogP contribution in [0.15, 0.2) is 53.5 Å². The zero-order valence-electron chi connectivity index (χ0n) is 15.4. The summed E-state index contributed by atoms with van der Waals surface area (Å²) in [6.45, 7) is 8.44. The van der Waals surface area contributed by atoms with Crippen LogP contribution in [0.2, 0.25) is 0 Å². The van der Waals surface area contributed by atoms with Crippen LogP contribution in [0, 0.1) is 13.8 Å². The fraction of sp³-hybridized carbons (Fsp3) is 0.250. The van der Waals surface area contributed by atoms with Gasteiger partial charge < -0.3 is 9.88 Å². The van der Waals surface area contributed by atoms with E-state index < -0.39 is 0 Å². The Bertz CT molecular complexity index is 932. The van der Waals surface area contributed by atoms with Crippen molar-refractivity contribution in [3.63, 3.8) is 0 Å². The average Bonchev–Trinajstić information content (AvgIpc) is 3.28. The van der Waals surface area contributed by atoms with E-state index in [2.05, 4.69) is 33.5 Å². The van der Waals surface area contributed by atoms with E-state index in [1.807, 2.05) is 48.8 Å². The van der Waals surface area contributed by atoms with Gasteiger partial charge in [-0.3, -0.25) is 4.79 Å². The summed E-state index contributed by atoms with van der Waals surface area (Å²) in [4.78, 5) is 13.6. The number of rotatable bonds is 8. The van der Waals surface area contributed by atoms with Crippen LogP contribution in [0.4, 0.5) is 5.69 Å². The minimum Gasteiger partial charge on any atom is -0.325 e. The largest absolute Gasteiger partial charge is 0.325 e.